The molecule has 0 bridgehead atoms. The number of halogens is 1. The molecule has 3 atom stereocenters. The van der Waals surface area contributed by atoms with Crippen LogP contribution in [0, 0.1) is 17.7 Å². The minimum Gasteiger partial charge on any atom is -0.408 e. The predicted octanol–water partition coefficient (Wildman–Crippen LogP) is 2.95. The van der Waals surface area contributed by atoms with Crippen molar-refractivity contribution in [3.05, 3.63) is 41.5 Å². The number of rotatable bonds is 4. The van der Waals surface area contributed by atoms with Crippen LogP contribution in [0.4, 0.5) is 15.2 Å². The lowest BCUT2D eigenvalue weighted by molar-refractivity contribution is 0.159. The molecule has 8 heteroatoms. The number of aromatic nitrogens is 2. The standard InChI is InChI=1S/C20H26FN5O2/c1-4-6-17-22-23-19(28-17)25-10-14-11-26(20(27)24(2)3)18(16(14)12-25)13-7-5-8-15(21)9-13/h5,7-9,14,16,18H,4,6,10-12H2,1-3H3/t14-,16-,18-/m1/s1. The third-order valence-corrected chi connectivity index (χ3v) is 5.67. The quantitative estimate of drug-likeness (QED) is 0.807. The van der Waals surface area contributed by atoms with Gasteiger partial charge in [0.15, 0.2) is 0 Å². The molecule has 150 valence electrons. The Morgan fingerprint density at radius 1 is 1.29 bits per heavy atom. The maximum atomic E-state index is 13.9. The summed E-state index contributed by atoms with van der Waals surface area (Å²) in [6, 6.07) is 6.91. The van der Waals surface area contributed by atoms with Crippen LogP contribution in [0.2, 0.25) is 0 Å². The highest BCUT2D eigenvalue weighted by Gasteiger charge is 2.50. The number of carbonyl (C=O) groups excluding carboxylic acids is 1. The van der Waals surface area contributed by atoms with Crippen molar-refractivity contribution in [2.24, 2.45) is 11.8 Å². The molecular weight excluding hydrogens is 361 g/mol. The lowest BCUT2D eigenvalue weighted by atomic mass is 9.89. The Kier molecular flexibility index (Phi) is 4.95. The van der Waals surface area contributed by atoms with E-state index in [4.69, 9.17) is 4.42 Å². The van der Waals surface area contributed by atoms with E-state index in [1.807, 2.05) is 11.0 Å². The van der Waals surface area contributed by atoms with E-state index in [0.717, 1.165) is 24.9 Å². The van der Waals surface area contributed by atoms with Gasteiger partial charge >= 0.3 is 12.0 Å². The molecule has 1 aromatic carbocycles. The topological polar surface area (TPSA) is 65.7 Å². The fourth-order valence-electron chi connectivity index (χ4n) is 4.46. The average molecular weight is 387 g/mol. The lowest BCUT2D eigenvalue weighted by Gasteiger charge is -2.31. The van der Waals surface area contributed by atoms with Crippen LogP contribution < -0.4 is 4.90 Å². The summed E-state index contributed by atoms with van der Waals surface area (Å²) < 4.78 is 19.7. The van der Waals surface area contributed by atoms with Gasteiger partial charge < -0.3 is 19.1 Å². The highest BCUT2D eigenvalue weighted by atomic mass is 19.1. The summed E-state index contributed by atoms with van der Waals surface area (Å²) in [6.45, 7) is 4.16. The van der Waals surface area contributed by atoms with Gasteiger partial charge in [0, 0.05) is 52.0 Å². The SMILES string of the molecule is CCCc1nnc(N2C[C@@H]3CN(C(=O)N(C)C)[C@H](c4cccc(F)c4)[C@@H]3C2)o1. The molecular formula is C20H26FN5O2. The van der Waals surface area contributed by atoms with Crippen LogP contribution in [0.3, 0.4) is 0 Å². The van der Waals surface area contributed by atoms with Crippen LogP contribution in [-0.2, 0) is 6.42 Å². The van der Waals surface area contributed by atoms with Gasteiger partial charge in [-0.3, -0.25) is 0 Å². The van der Waals surface area contributed by atoms with E-state index in [-0.39, 0.29) is 29.7 Å². The van der Waals surface area contributed by atoms with Crippen molar-refractivity contribution in [3.8, 4) is 0 Å². The molecule has 2 aliphatic heterocycles. The van der Waals surface area contributed by atoms with E-state index >= 15 is 0 Å². The minimum absolute atomic E-state index is 0.0433. The van der Waals surface area contributed by atoms with Crippen molar-refractivity contribution in [2.45, 2.75) is 25.8 Å². The first-order valence-electron chi connectivity index (χ1n) is 9.78. The molecule has 0 unspecified atom stereocenters. The maximum absolute atomic E-state index is 13.9. The summed E-state index contributed by atoms with van der Waals surface area (Å²) in [7, 11) is 3.50. The van der Waals surface area contributed by atoms with Crippen molar-refractivity contribution in [3.63, 3.8) is 0 Å². The molecule has 0 saturated carbocycles. The molecule has 2 amide bonds. The molecule has 7 nitrogen and oxygen atoms in total. The Balaban J connectivity index is 1.60. The highest BCUT2D eigenvalue weighted by molar-refractivity contribution is 5.75. The van der Waals surface area contributed by atoms with Gasteiger partial charge in [0.25, 0.3) is 0 Å². The monoisotopic (exact) mass is 387 g/mol. The van der Waals surface area contributed by atoms with Crippen LogP contribution in [-0.4, -0.2) is 59.8 Å². The van der Waals surface area contributed by atoms with Crippen molar-refractivity contribution in [1.82, 2.24) is 20.0 Å². The Morgan fingerprint density at radius 2 is 2.11 bits per heavy atom. The first kappa shape index (κ1) is 18.7. The highest BCUT2D eigenvalue weighted by Crippen LogP contribution is 2.46. The zero-order chi connectivity index (χ0) is 19.8. The van der Waals surface area contributed by atoms with Crippen molar-refractivity contribution in [1.29, 1.82) is 0 Å². The molecule has 0 N–H and O–H groups in total. The normalized spacial score (nSPS) is 23.9. The van der Waals surface area contributed by atoms with Gasteiger partial charge in [0.05, 0.1) is 6.04 Å². The van der Waals surface area contributed by atoms with Gasteiger partial charge in [-0.1, -0.05) is 24.2 Å². The molecule has 2 fully saturated rings. The Morgan fingerprint density at radius 3 is 2.82 bits per heavy atom. The van der Waals surface area contributed by atoms with Crippen molar-refractivity contribution < 1.29 is 13.6 Å². The number of hydrogen-bond donors (Lipinski definition) is 0. The number of urea groups is 1. The number of benzene rings is 1. The van der Waals surface area contributed by atoms with E-state index in [0.29, 0.717) is 25.0 Å². The van der Waals surface area contributed by atoms with Crippen LogP contribution >= 0.6 is 0 Å². The second-order valence-corrected chi connectivity index (χ2v) is 7.89. The molecule has 3 heterocycles. The smallest absolute Gasteiger partial charge is 0.320 e. The first-order chi connectivity index (χ1) is 13.5. The van der Waals surface area contributed by atoms with E-state index in [1.165, 1.54) is 12.1 Å². The second kappa shape index (κ2) is 7.41. The van der Waals surface area contributed by atoms with Crippen LogP contribution in [0.5, 0.6) is 0 Å². The Hall–Kier alpha value is -2.64. The number of hydrogen-bond acceptors (Lipinski definition) is 5. The number of anilines is 1. The molecule has 2 aliphatic rings. The van der Waals surface area contributed by atoms with Gasteiger partial charge in [-0.15, -0.1) is 5.10 Å². The van der Waals surface area contributed by atoms with Crippen molar-refractivity contribution >= 4 is 12.0 Å². The van der Waals surface area contributed by atoms with Crippen LogP contribution in [0.1, 0.15) is 30.8 Å². The zero-order valence-electron chi connectivity index (χ0n) is 16.5. The summed E-state index contributed by atoms with van der Waals surface area (Å²) >= 11 is 0. The second-order valence-electron chi connectivity index (χ2n) is 7.89. The summed E-state index contributed by atoms with van der Waals surface area (Å²) in [6.07, 6.45) is 1.72. The first-order valence-corrected chi connectivity index (χ1v) is 9.78. The van der Waals surface area contributed by atoms with Gasteiger partial charge in [0.1, 0.15) is 5.82 Å². The molecule has 4 rings (SSSR count). The molecule has 0 aliphatic carbocycles. The fourth-order valence-corrected chi connectivity index (χ4v) is 4.46. The molecule has 2 aromatic rings. The van der Waals surface area contributed by atoms with E-state index in [2.05, 4.69) is 22.0 Å². The van der Waals surface area contributed by atoms with Crippen LogP contribution in [0.15, 0.2) is 28.7 Å². The third-order valence-electron chi connectivity index (χ3n) is 5.67. The van der Waals surface area contributed by atoms with E-state index in [9.17, 15) is 9.18 Å². The third kappa shape index (κ3) is 3.31. The molecule has 2 saturated heterocycles. The van der Waals surface area contributed by atoms with Gasteiger partial charge in [0.2, 0.25) is 5.89 Å². The average Bonchev–Trinajstić information content (AvgIpc) is 3.34. The summed E-state index contributed by atoms with van der Waals surface area (Å²) in [5.74, 6) is 0.834. The van der Waals surface area contributed by atoms with E-state index < -0.39 is 0 Å². The summed E-state index contributed by atoms with van der Waals surface area (Å²) in [4.78, 5) is 18.3. The molecule has 0 radical (unpaired) electrons. The Bertz CT molecular complexity index is 855. The minimum atomic E-state index is -0.283. The molecule has 0 spiro atoms. The number of carbonyl (C=O) groups is 1. The van der Waals surface area contributed by atoms with Crippen molar-refractivity contribution in [2.75, 3.05) is 38.6 Å². The molecule has 1 aromatic heterocycles. The van der Waals surface area contributed by atoms with Gasteiger partial charge in [-0.05, 0) is 24.1 Å². The number of amides is 2. The number of nitrogens with zero attached hydrogens (tertiary/aromatic N) is 5. The van der Waals surface area contributed by atoms with E-state index in [1.54, 1.807) is 25.1 Å². The predicted molar refractivity (Wildman–Crippen MR) is 102 cm³/mol. The molecule has 28 heavy (non-hydrogen) atoms. The van der Waals surface area contributed by atoms with Gasteiger partial charge in [-0.25, -0.2) is 9.18 Å². The number of aryl methyl sites for hydroxylation is 1. The summed E-state index contributed by atoms with van der Waals surface area (Å²) in [5.41, 5.74) is 0.835. The number of fused-ring (bicyclic) bond motifs is 1. The maximum Gasteiger partial charge on any atom is 0.320 e. The van der Waals surface area contributed by atoms with Gasteiger partial charge in [-0.2, -0.15) is 0 Å². The zero-order valence-corrected chi connectivity index (χ0v) is 16.5. The largest absolute Gasteiger partial charge is 0.408 e. The fraction of sp³-hybridized carbons (Fsp3) is 0.550. The number of likely N-dealkylation sites (tertiary alicyclic amines) is 1. The van der Waals surface area contributed by atoms with Crippen LogP contribution in [0.25, 0.3) is 0 Å². The Labute approximate surface area is 164 Å². The lowest BCUT2D eigenvalue weighted by Crippen LogP contribution is -2.41. The summed E-state index contributed by atoms with van der Waals surface area (Å²) in [5, 5.41) is 8.32.